The first-order valence-corrected chi connectivity index (χ1v) is 13.0. The van der Waals surface area contributed by atoms with Gasteiger partial charge in [0.1, 0.15) is 5.76 Å². The average Bonchev–Trinajstić information content (AvgIpc) is 3.08. The van der Waals surface area contributed by atoms with Gasteiger partial charge < -0.3 is 8.92 Å². The van der Waals surface area contributed by atoms with E-state index in [1.54, 1.807) is 0 Å². The van der Waals surface area contributed by atoms with E-state index in [-0.39, 0.29) is 29.9 Å². The van der Waals surface area contributed by atoms with E-state index in [4.69, 9.17) is 0 Å². The summed E-state index contributed by atoms with van der Waals surface area (Å²) in [4.78, 5) is 12.5. The van der Waals surface area contributed by atoms with Gasteiger partial charge in [-0.15, -0.1) is 0 Å². The predicted molar refractivity (Wildman–Crippen MR) is 112 cm³/mol. The average molecular weight is 531 g/mol. The molecule has 4 aliphatic carbocycles. The van der Waals surface area contributed by atoms with Crippen LogP contribution in [0.4, 0.5) is 26.3 Å². The second-order valence-corrected chi connectivity index (χ2v) is 12.2. The number of allylic oxidation sites excluding steroid dienone is 4. The van der Waals surface area contributed by atoms with Gasteiger partial charge in [-0.25, -0.2) is 0 Å². The van der Waals surface area contributed by atoms with Crippen LogP contribution in [0.2, 0.25) is 0 Å². The van der Waals surface area contributed by atoms with Gasteiger partial charge in [0.15, 0.2) is 6.61 Å². The van der Waals surface area contributed by atoms with Gasteiger partial charge in [-0.05, 0) is 78.8 Å². The lowest BCUT2D eigenvalue weighted by Crippen LogP contribution is -2.50. The molecule has 0 bridgehead atoms. The minimum absolute atomic E-state index is 0.0424. The molecule has 2 saturated carbocycles. The Labute approximate surface area is 200 Å². The van der Waals surface area contributed by atoms with E-state index in [0.29, 0.717) is 38.5 Å². The van der Waals surface area contributed by atoms with Crippen LogP contribution in [0.1, 0.15) is 58.8 Å². The summed E-state index contributed by atoms with van der Waals surface area (Å²) < 4.78 is 108. The number of fused-ring (bicyclic) bond motifs is 5. The first kappa shape index (κ1) is 26.3. The molecular weight excluding hydrogens is 502 g/mol. The SMILES string of the molecule is C[C@]12CC[C@H]3[C@@H](CC=C4C=C(OS(=O)(=O)C(F)(F)F)CC[C@@]43C)[C@@H]1CC[C@@H]2C(=O)OCC(F)(F)F. The zero-order valence-corrected chi connectivity index (χ0v) is 20.2. The molecule has 4 aliphatic rings. The third-order valence-corrected chi connectivity index (χ3v) is 9.90. The molecule has 4 rings (SSSR count). The van der Waals surface area contributed by atoms with Crippen LogP contribution in [0, 0.1) is 34.5 Å². The monoisotopic (exact) mass is 530 g/mol. The predicted octanol–water partition coefficient (Wildman–Crippen LogP) is 6.03. The Bertz CT molecular complexity index is 1050. The van der Waals surface area contributed by atoms with E-state index in [0.717, 1.165) is 5.57 Å². The van der Waals surface area contributed by atoms with Crippen LogP contribution in [-0.4, -0.2) is 32.7 Å². The van der Waals surface area contributed by atoms with Crippen LogP contribution in [0.3, 0.4) is 0 Å². The number of rotatable bonds is 4. The van der Waals surface area contributed by atoms with Gasteiger partial charge in [0.05, 0.1) is 5.92 Å². The van der Waals surface area contributed by atoms with E-state index in [9.17, 15) is 39.6 Å². The molecule has 0 saturated heterocycles. The standard InChI is InChI=1S/C23H28F6O5S/c1-20-9-7-14(34-35(31,32)23(27,28)29)11-13(20)3-4-15-16-5-6-18(19(30)33-12-22(24,25)26)21(16,2)10-8-17(15)20/h3,11,15-18H,4-10,12H2,1-2H3/t15-,16-,17-,18+,20-,21-/m0/s1. The largest absolute Gasteiger partial charge is 0.534 e. The van der Waals surface area contributed by atoms with Crippen LogP contribution >= 0.6 is 0 Å². The second kappa shape index (κ2) is 8.41. The summed E-state index contributed by atoms with van der Waals surface area (Å²) in [6.45, 7) is 2.38. The molecule has 0 aliphatic heterocycles. The van der Waals surface area contributed by atoms with Gasteiger partial charge in [-0.1, -0.05) is 19.9 Å². The minimum atomic E-state index is -5.74. The molecule has 198 valence electrons. The molecule has 0 spiro atoms. The van der Waals surface area contributed by atoms with Crippen LogP contribution in [-0.2, 0) is 23.8 Å². The lowest BCUT2D eigenvalue weighted by Gasteiger charge is -2.56. The topological polar surface area (TPSA) is 69.7 Å². The molecule has 0 N–H and O–H groups in total. The Morgan fingerprint density at radius 3 is 2.37 bits per heavy atom. The number of alkyl halides is 6. The van der Waals surface area contributed by atoms with Gasteiger partial charge >= 0.3 is 27.8 Å². The summed E-state index contributed by atoms with van der Waals surface area (Å²) in [5.74, 6) is -1.23. The summed E-state index contributed by atoms with van der Waals surface area (Å²) in [6.07, 6.45) is 2.27. The summed E-state index contributed by atoms with van der Waals surface area (Å²) in [7, 11) is -5.74. The van der Waals surface area contributed by atoms with Crippen molar-refractivity contribution < 1.29 is 48.5 Å². The van der Waals surface area contributed by atoms with Gasteiger partial charge in [-0.3, -0.25) is 4.79 Å². The van der Waals surface area contributed by atoms with E-state index in [1.807, 2.05) is 19.9 Å². The molecule has 5 nitrogen and oxygen atoms in total. The first-order valence-electron chi connectivity index (χ1n) is 11.6. The molecule has 0 heterocycles. The maximum atomic E-state index is 12.7. The maximum Gasteiger partial charge on any atom is 0.534 e. The molecule has 35 heavy (non-hydrogen) atoms. The Morgan fingerprint density at radius 1 is 1.06 bits per heavy atom. The molecule has 0 radical (unpaired) electrons. The third kappa shape index (κ3) is 4.59. The highest BCUT2D eigenvalue weighted by Crippen LogP contribution is 2.66. The number of carbonyl (C=O) groups is 1. The van der Waals surface area contributed by atoms with Crippen molar-refractivity contribution >= 4 is 16.1 Å². The summed E-state index contributed by atoms with van der Waals surface area (Å²) in [6, 6.07) is 0. The number of hydrogen-bond donors (Lipinski definition) is 0. The van der Waals surface area contributed by atoms with Gasteiger partial charge in [-0.2, -0.15) is 34.8 Å². The van der Waals surface area contributed by atoms with E-state index < -0.39 is 51.1 Å². The van der Waals surface area contributed by atoms with Crippen LogP contribution in [0.25, 0.3) is 0 Å². The van der Waals surface area contributed by atoms with Crippen LogP contribution in [0.15, 0.2) is 23.5 Å². The molecule has 2 fully saturated rings. The van der Waals surface area contributed by atoms with Crippen molar-refractivity contribution in [2.75, 3.05) is 6.61 Å². The first-order chi connectivity index (χ1) is 16.0. The third-order valence-electron chi connectivity index (χ3n) is 8.89. The van der Waals surface area contributed by atoms with Gasteiger partial charge in [0, 0.05) is 6.42 Å². The van der Waals surface area contributed by atoms with E-state index in [1.165, 1.54) is 6.08 Å². The fourth-order valence-electron chi connectivity index (χ4n) is 7.19. The minimum Gasteiger partial charge on any atom is -0.456 e. The van der Waals surface area contributed by atoms with E-state index in [2.05, 4.69) is 8.92 Å². The molecule has 0 aromatic rings. The van der Waals surface area contributed by atoms with Crippen molar-refractivity contribution in [1.82, 2.24) is 0 Å². The van der Waals surface area contributed by atoms with Crippen molar-refractivity contribution in [2.24, 2.45) is 34.5 Å². The van der Waals surface area contributed by atoms with Crippen molar-refractivity contribution in [2.45, 2.75) is 70.5 Å². The highest BCUT2D eigenvalue weighted by molar-refractivity contribution is 7.87. The molecule has 0 amide bonds. The quantitative estimate of drug-likeness (QED) is 0.192. The van der Waals surface area contributed by atoms with E-state index >= 15 is 0 Å². The fraction of sp³-hybridized carbons (Fsp3) is 0.783. The summed E-state index contributed by atoms with van der Waals surface area (Å²) >= 11 is 0. The molecule has 0 unspecified atom stereocenters. The van der Waals surface area contributed by atoms with Gasteiger partial charge in [0.2, 0.25) is 0 Å². The molecule has 6 atom stereocenters. The van der Waals surface area contributed by atoms with Gasteiger partial charge in [0.25, 0.3) is 0 Å². The Kier molecular flexibility index (Phi) is 6.33. The summed E-state index contributed by atoms with van der Waals surface area (Å²) in [5.41, 5.74) is -5.63. The molecular formula is C23H28F6O5S. The van der Waals surface area contributed by atoms with Crippen molar-refractivity contribution in [3.05, 3.63) is 23.5 Å². The zero-order valence-electron chi connectivity index (χ0n) is 19.3. The Morgan fingerprint density at radius 2 is 1.74 bits per heavy atom. The highest BCUT2D eigenvalue weighted by Gasteiger charge is 2.60. The number of halogens is 6. The Balaban J connectivity index is 1.53. The zero-order chi connectivity index (χ0) is 26.0. The number of ether oxygens (including phenoxy) is 1. The number of hydrogen-bond acceptors (Lipinski definition) is 5. The molecule has 0 aromatic heterocycles. The highest BCUT2D eigenvalue weighted by atomic mass is 32.2. The lowest BCUT2D eigenvalue weighted by molar-refractivity contribution is -0.192. The Hall–Kier alpha value is -1.72. The van der Waals surface area contributed by atoms with Crippen molar-refractivity contribution in [3.8, 4) is 0 Å². The van der Waals surface area contributed by atoms with Crippen molar-refractivity contribution in [1.29, 1.82) is 0 Å². The molecule has 12 heteroatoms. The normalized spacial score (nSPS) is 37.4. The maximum absolute atomic E-state index is 12.7. The molecule has 0 aromatic carbocycles. The van der Waals surface area contributed by atoms with Crippen LogP contribution < -0.4 is 0 Å². The van der Waals surface area contributed by atoms with Crippen molar-refractivity contribution in [3.63, 3.8) is 0 Å². The smallest absolute Gasteiger partial charge is 0.456 e. The fourth-order valence-corrected chi connectivity index (χ4v) is 7.70. The summed E-state index contributed by atoms with van der Waals surface area (Å²) in [5, 5.41) is 0. The number of esters is 1. The second-order valence-electron chi connectivity index (χ2n) is 10.7. The van der Waals surface area contributed by atoms with Crippen LogP contribution in [0.5, 0.6) is 0 Å². The number of carbonyl (C=O) groups excluding carboxylic acids is 1. The lowest BCUT2D eigenvalue weighted by atomic mass is 9.48.